The van der Waals surface area contributed by atoms with Crippen LogP contribution in [0.25, 0.3) is 0 Å². The van der Waals surface area contributed by atoms with Crippen LogP contribution in [0.1, 0.15) is 26.7 Å². The van der Waals surface area contributed by atoms with Crippen LogP contribution in [0.2, 0.25) is 0 Å². The second kappa shape index (κ2) is 6.98. The maximum Gasteiger partial charge on any atom is 0.144 e. The molecule has 6 heteroatoms. The van der Waals surface area contributed by atoms with E-state index < -0.39 is 0 Å². The lowest BCUT2D eigenvalue weighted by Gasteiger charge is -2.22. The van der Waals surface area contributed by atoms with Gasteiger partial charge in [-0.2, -0.15) is 0 Å². The van der Waals surface area contributed by atoms with Gasteiger partial charge in [0, 0.05) is 18.0 Å². The van der Waals surface area contributed by atoms with Crippen molar-refractivity contribution >= 4 is 11.5 Å². The number of hydrogen-bond acceptors (Lipinski definition) is 4. The van der Waals surface area contributed by atoms with Crippen LogP contribution >= 0.6 is 0 Å². The third-order valence-corrected chi connectivity index (χ3v) is 3.26. The van der Waals surface area contributed by atoms with Crippen LogP contribution in [-0.2, 0) is 0 Å². The fraction of sp³-hybridized carbons (Fsp3) is 0.500. The zero-order chi connectivity index (χ0) is 15.2. The first-order valence-corrected chi connectivity index (χ1v) is 6.46. The van der Waals surface area contributed by atoms with Crippen molar-refractivity contribution in [1.82, 2.24) is 0 Å². The predicted molar refractivity (Wildman–Crippen MR) is 77.9 cm³/mol. The van der Waals surface area contributed by atoms with Gasteiger partial charge in [-0.25, -0.2) is 4.39 Å². The van der Waals surface area contributed by atoms with Gasteiger partial charge in [-0.05, 0) is 25.0 Å². The molecule has 0 aliphatic carbocycles. The lowest BCUT2D eigenvalue weighted by Crippen LogP contribution is -2.32. The van der Waals surface area contributed by atoms with E-state index in [-0.39, 0.29) is 17.1 Å². The van der Waals surface area contributed by atoms with Crippen LogP contribution in [0.3, 0.4) is 0 Å². The highest BCUT2D eigenvalue weighted by Crippen LogP contribution is 2.26. The molecule has 0 spiro atoms. The summed E-state index contributed by atoms with van der Waals surface area (Å²) in [5.74, 6) is 0.359. The van der Waals surface area contributed by atoms with Gasteiger partial charge in [-0.1, -0.05) is 19.0 Å². The third-order valence-electron chi connectivity index (χ3n) is 3.26. The van der Waals surface area contributed by atoms with E-state index >= 15 is 0 Å². The molecule has 0 aliphatic rings. The molecule has 0 atom stereocenters. The van der Waals surface area contributed by atoms with Crippen LogP contribution in [0.5, 0.6) is 5.75 Å². The molecule has 0 saturated carbocycles. The minimum atomic E-state index is -0.358. The zero-order valence-electron chi connectivity index (χ0n) is 12.1. The second-order valence-electron chi connectivity index (χ2n) is 5.24. The highest BCUT2D eigenvalue weighted by Gasteiger charge is 2.22. The second-order valence-corrected chi connectivity index (χ2v) is 5.24. The Morgan fingerprint density at radius 2 is 2.20 bits per heavy atom. The van der Waals surface area contributed by atoms with Gasteiger partial charge < -0.3 is 21.0 Å². The lowest BCUT2D eigenvalue weighted by atomic mass is 9.86. The molecule has 20 heavy (non-hydrogen) atoms. The van der Waals surface area contributed by atoms with E-state index in [0.717, 1.165) is 18.5 Å². The van der Waals surface area contributed by atoms with Gasteiger partial charge in [0.1, 0.15) is 17.4 Å². The number of anilines is 1. The standard InChI is InChI=1S/C14H22FN3O2/c1-14(2,13(16)18-19)7-4-8-17-11-6-5-10(15)9-12(11)20-3/h5-6,9,17,19H,4,7-8H2,1-3H3,(H2,16,18). The first kappa shape index (κ1) is 16.1. The summed E-state index contributed by atoms with van der Waals surface area (Å²) in [6, 6.07) is 4.36. The number of oxime groups is 1. The SMILES string of the molecule is COc1cc(F)ccc1NCCCC(C)(C)C(N)=NO. The highest BCUT2D eigenvalue weighted by atomic mass is 19.1. The first-order valence-electron chi connectivity index (χ1n) is 6.46. The number of ether oxygens (including phenoxy) is 1. The summed E-state index contributed by atoms with van der Waals surface area (Å²) in [7, 11) is 1.50. The Hall–Kier alpha value is -1.98. The number of methoxy groups -OCH3 is 1. The van der Waals surface area contributed by atoms with Gasteiger partial charge in [0.2, 0.25) is 0 Å². The Morgan fingerprint density at radius 3 is 2.80 bits per heavy atom. The summed E-state index contributed by atoms with van der Waals surface area (Å²) in [5, 5.41) is 14.9. The van der Waals surface area contributed by atoms with Crippen molar-refractivity contribution in [2.24, 2.45) is 16.3 Å². The van der Waals surface area contributed by atoms with Gasteiger partial charge in [-0.3, -0.25) is 0 Å². The largest absolute Gasteiger partial charge is 0.494 e. The van der Waals surface area contributed by atoms with Gasteiger partial charge in [0.25, 0.3) is 0 Å². The molecular formula is C14H22FN3O2. The first-order chi connectivity index (χ1) is 9.40. The fourth-order valence-corrected chi connectivity index (χ4v) is 1.83. The molecule has 112 valence electrons. The van der Waals surface area contributed by atoms with Crippen LogP contribution in [-0.4, -0.2) is 24.7 Å². The minimum Gasteiger partial charge on any atom is -0.494 e. The van der Waals surface area contributed by atoms with Crippen molar-refractivity contribution in [3.63, 3.8) is 0 Å². The molecule has 4 N–H and O–H groups in total. The average Bonchev–Trinajstić information content (AvgIpc) is 2.43. The average molecular weight is 283 g/mol. The molecule has 0 aliphatic heterocycles. The van der Waals surface area contributed by atoms with E-state index in [1.54, 1.807) is 6.07 Å². The molecule has 0 radical (unpaired) electrons. The molecule has 0 fully saturated rings. The number of halogens is 1. The summed E-state index contributed by atoms with van der Waals surface area (Å²) >= 11 is 0. The Bertz CT molecular complexity index is 475. The molecule has 0 saturated heterocycles. The third kappa shape index (κ3) is 4.29. The van der Waals surface area contributed by atoms with Crippen LogP contribution in [0, 0.1) is 11.2 Å². The molecule has 0 unspecified atom stereocenters. The summed E-state index contributed by atoms with van der Waals surface area (Å²) in [6.07, 6.45) is 1.59. The summed E-state index contributed by atoms with van der Waals surface area (Å²) < 4.78 is 18.2. The molecule has 1 aromatic rings. The Labute approximate surface area is 118 Å². The molecule has 1 rings (SSSR count). The topological polar surface area (TPSA) is 79.9 Å². The number of rotatable bonds is 7. The summed E-state index contributed by atoms with van der Waals surface area (Å²) in [5.41, 5.74) is 6.01. The molecule has 5 nitrogen and oxygen atoms in total. The Morgan fingerprint density at radius 1 is 1.50 bits per heavy atom. The van der Waals surface area contributed by atoms with Crippen molar-refractivity contribution in [1.29, 1.82) is 0 Å². The minimum absolute atomic E-state index is 0.219. The lowest BCUT2D eigenvalue weighted by molar-refractivity contribution is 0.305. The van der Waals surface area contributed by atoms with Crippen molar-refractivity contribution in [2.45, 2.75) is 26.7 Å². The van der Waals surface area contributed by atoms with E-state index in [2.05, 4.69) is 10.5 Å². The van der Waals surface area contributed by atoms with Crippen molar-refractivity contribution in [2.75, 3.05) is 19.0 Å². The number of nitrogens with zero attached hydrogens (tertiary/aromatic N) is 1. The van der Waals surface area contributed by atoms with Crippen LogP contribution in [0.4, 0.5) is 10.1 Å². The van der Waals surface area contributed by atoms with E-state index in [1.807, 2.05) is 13.8 Å². The van der Waals surface area contributed by atoms with E-state index in [4.69, 9.17) is 15.7 Å². The smallest absolute Gasteiger partial charge is 0.144 e. The van der Waals surface area contributed by atoms with Gasteiger partial charge in [0.15, 0.2) is 0 Å². The van der Waals surface area contributed by atoms with Crippen LogP contribution in [0.15, 0.2) is 23.4 Å². The number of benzene rings is 1. The maximum atomic E-state index is 13.0. The molecule has 0 aromatic heterocycles. The number of amidine groups is 1. The maximum absolute atomic E-state index is 13.0. The monoisotopic (exact) mass is 283 g/mol. The molecular weight excluding hydrogens is 261 g/mol. The number of hydrogen-bond donors (Lipinski definition) is 3. The molecule has 0 bridgehead atoms. The molecule has 0 heterocycles. The van der Waals surface area contributed by atoms with Gasteiger partial charge in [0.05, 0.1) is 12.8 Å². The normalized spacial score (nSPS) is 12.3. The highest BCUT2D eigenvalue weighted by molar-refractivity contribution is 5.85. The Balaban J connectivity index is 2.50. The van der Waals surface area contributed by atoms with Crippen molar-refractivity contribution < 1.29 is 14.3 Å². The summed E-state index contributed by atoms with van der Waals surface area (Å²) in [4.78, 5) is 0. The van der Waals surface area contributed by atoms with Crippen molar-refractivity contribution in [3.05, 3.63) is 24.0 Å². The molecule has 0 amide bonds. The van der Waals surface area contributed by atoms with E-state index in [1.165, 1.54) is 19.2 Å². The zero-order valence-corrected chi connectivity index (χ0v) is 12.1. The van der Waals surface area contributed by atoms with E-state index in [9.17, 15) is 4.39 Å². The van der Waals surface area contributed by atoms with Crippen molar-refractivity contribution in [3.8, 4) is 5.75 Å². The Kier molecular flexibility index (Phi) is 5.61. The molecule has 1 aromatic carbocycles. The van der Waals surface area contributed by atoms with Gasteiger partial charge in [-0.15, -0.1) is 0 Å². The van der Waals surface area contributed by atoms with Crippen LogP contribution < -0.4 is 15.8 Å². The number of nitrogens with one attached hydrogen (secondary N) is 1. The fourth-order valence-electron chi connectivity index (χ4n) is 1.83. The quantitative estimate of drug-likeness (QED) is 0.236. The summed E-state index contributed by atoms with van der Waals surface area (Å²) in [6.45, 7) is 4.52. The van der Waals surface area contributed by atoms with Gasteiger partial charge >= 0.3 is 0 Å². The number of nitrogens with two attached hydrogens (primary N) is 1. The van der Waals surface area contributed by atoms with E-state index in [0.29, 0.717) is 12.3 Å². The predicted octanol–water partition coefficient (Wildman–Crippen LogP) is 2.80.